The van der Waals surface area contributed by atoms with E-state index in [1.54, 1.807) is 38.4 Å². The van der Waals surface area contributed by atoms with Crippen LogP contribution in [0.3, 0.4) is 0 Å². The van der Waals surface area contributed by atoms with E-state index in [-0.39, 0.29) is 11.3 Å². The van der Waals surface area contributed by atoms with Crippen molar-refractivity contribution in [3.8, 4) is 5.75 Å². The molecule has 1 aliphatic rings. The van der Waals surface area contributed by atoms with Crippen LogP contribution in [-0.2, 0) is 9.59 Å². The summed E-state index contributed by atoms with van der Waals surface area (Å²) in [6, 6.07) is 13.6. The number of carbonyl (C=O) groups excluding carboxylic acids is 2. The fraction of sp³-hybridized carbons (Fsp3) is 0.200. The highest BCUT2D eigenvalue weighted by molar-refractivity contribution is 6.46. The lowest BCUT2D eigenvalue weighted by Crippen LogP contribution is -2.24. The van der Waals surface area contributed by atoms with Crippen LogP contribution in [0.2, 0.25) is 0 Å². The lowest BCUT2D eigenvalue weighted by Gasteiger charge is -2.21. The first kappa shape index (κ1) is 16.8. The van der Waals surface area contributed by atoms with Crippen molar-refractivity contribution in [1.82, 2.24) is 4.90 Å². The molecule has 0 radical (unpaired) electrons. The normalized spacial score (nSPS) is 19.3. The van der Waals surface area contributed by atoms with Crippen LogP contribution < -0.4 is 4.74 Å². The molecular formula is C20H19NO4. The largest absolute Gasteiger partial charge is 0.507 e. The van der Waals surface area contributed by atoms with Gasteiger partial charge in [-0.25, -0.2) is 0 Å². The molecule has 1 amide bonds. The van der Waals surface area contributed by atoms with Crippen molar-refractivity contribution < 1.29 is 19.4 Å². The summed E-state index contributed by atoms with van der Waals surface area (Å²) in [5.74, 6) is -0.847. The van der Waals surface area contributed by atoms with E-state index in [4.69, 9.17) is 4.74 Å². The number of aliphatic hydroxyl groups is 1. The SMILES string of the molecule is COc1ccc(/C(O)=C2\C(=O)C(=O)N(C)C2c2ccc(C)cc2)cc1. The van der Waals surface area contributed by atoms with Crippen LogP contribution in [0.4, 0.5) is 0 Å². The van der Waals surface area contributed by atoms with Gasteiger partial charge in [-0.3, -0.25) is 9.59 Å². The Labute approximate surface area is 146 Å². The number of ether oxygens (including phenoxy) is 1. The second-order valence-corrected chi connectivity index (χ2v) is 6.05. The molecule has 1 atom stereocenters. The van der Waals surface area contributed by atoms with Crippen molar-refractivity contribution in [2.24, 2.45) is 0 Å². The lowest BCUT2D eigenvalue weighted by atomic mass is 9.95. The molecule has 1 heterocycles. The first-order chi connectivity index (χ1) is 11.9. The summed E-state index contributed by atoms with van der Waals surface area (Å²) in [5.41, 5.74) is 2.42. The van der Waals surface area contributed by atoms with Gasteiger partial charge in [-0.1, -0.05) is 29.8 Å². The standard InChI is InChI=1S/C20H19NO4/c1-12-4-6-13(7-5-12)17-16(19(23)20(24)21(17)2)18(22)14-8-10-15(25-3)11-9-14/h4-11,17,22H,1-3H3/b18-16+. The molecule has 1 aliphatic heterocycles. The van der Waals surface area contributed by atoms with Gasteiger partial charge in [-0.2, -0.15) is 0 Å². The second kappa shape index (κ2) is 6.43. The molecule has 2 aromatic rings. The van der Waals surface area contributed by atoms with Gasteiger partial charge in [0.1, 0.15) is 11.5 Å². The fourth-order valence-corrected chi connectivity index (χ4v) is 2.99. The maximum Gasteiger partial charge on any atom is 0.295 e. The summed E-state index contributed by atoms with van der Waals surface area (Å²) in [6.07, 6.45) is 0. The van der Waals surface area contributed by atoms with E-state index in [1.165, 1.54) is 4.90 Å². The van der Waals surface area contributed by atoms with Gasteiger partial charge in [0.2, 0.25) is 0 Å². The molecule has 0 aliphatic carbocycles. The monoisotopic (exact) mass is 337 g/mol. The number of benzene rings is 2. The Morgan fingerprint density at radius 1 is 1.04 bits per heavy atom. The highest BCUT2D eigenvalue weighted by Crippen LogP contribution is 2.38. The Morgan fingerprint density at radius 2 is 1.64 bits per heavy atom. The zero-order chi connectivity index (χ0) is 18.1. The van der Waals surface area contributed by atoms with E-state index in [9.17, 15) is 14.7 Å². The van der Waals surface area contributed by atoms with Gasteiger partial charge in [0, 0.05) is 12.6 Å². The molecule has 3 rings (SSSR count). The smallest absolute Gasteiger partial charge is 0.295 e. The molecule has 0 bridgehead atoms. The summed E-state index contributed by atoms with van der Waals surface area (Å²) >= 11 is 0. The van der Waals surface area contributed by atoms with Crippen LogP contribution in [0.5, 0.6) is 5.75 Å². The van der Waals surface area contributed by atoms with Crippen LogP contribution in [0, 0.1) is 6.92 Å². The van der Waals surface area contributed by atoms with Crippen molar-refractivity contribution >= 4 is 17.4 Å². The zero-order valence-electron chi connectivity index (χ0n) is 14.3. The Morgan fingerprint density at radius 3 is 2.20 bits per heavy atom. The average molecular weight is 337 g/mol. The molecule has 5 heteroatoms. The third-order valence-electron chi connectivity index (χ3n) is 4.43. The highest BCUT2D eigenvalue weighted by atomic mass is 16.5. The number of hydrogen-bond donors (Lipinski definition) is 1. The number of rotatable bonds is 3. The highest BCUT2D eigenvalue weighted by Gasteiger charge is 2.44. The van der Waals surface area contributed by atoms with E-state index in [1.807, 2.05) is 31.2 Å². The molecule has 1 saturated heterocycles. The second-order valence-electron chi connectivity index (χ2n) is 6.05. The first-order valence-electron chi connectivity index (χ1n) is 7.89. The van der Waals surface area contributed by atoms with E-state index in [0.29, 0.717) is 11.3 Å². The summed E-state index contributed by atoms with van der Waals surface area (Å²) in [5, 5.41) is 10.7. The van der Waals surface area contributed by atoms with Gasteiger partial charge in [0.15, 0.2) is 0 Å². The maximum atomic E-state index is 12.5. The number of aliphatic hydroxyl groups excluding tert-OH is 1. The van der Waals surface area contributed by atoms with Gasteiger partial charge in [0.05, 0.1) is 18.7 Å². The predicted octanol–water partition coefficient (Wildman–Crippen LogP) is 3.06. The Kier molecular flexibility index (Phi) is 4.31. The van der Waals surface area contributed by atoms with E-state index in [2.05, 4.69) is 0 Å². The van der Waals surface area contributed by atoms with Gasteiger partial charge < -0.3 is 14.7 Å². The van der Waals surface area contributed by atoms with Gasteiger partial charge >= 0.3 is 0 Å². The van der Waals surface area contributed by atoms with Gasteiger partial charge in [-0.15, -0.1) is 0 Å². The number of amides is 1. The van der Waals surface area contributed by atoms with Crippen LogP contribution in [0.25, 0.3) is 5.76 Å². The average Bonchev–Trinajstić information content (AvgIpc) is 2.86. The quantitative estimate of drug-likeness (QED) is 0.531. The van der Waals surface area contributed by atoms with Crippen molar-refractivity contribution in [1.29, 1.82) is 0 Å². The molecule has 0 saturated carbocycles. The summed E-state index contributed by atoms with van der Waals surface area (Å²) in [6.45, 7) is 1.96. The Balaban J connectivity index is 2.12. The molecule has 5 nitrogen and oxygen atoms in total. The maximum absolute atomic E-state index is 12.5. The number of nitrogens with zero attached hydrogens (tertiary/aromatic N) is 1. The summed E-state index contributed by atoms with van der Waals surface area (Å²) in [7, 11) is 3.12. The van der Waals surface area contributed by atoms with E-state index < -0.39 is 17.7 Å². The molecular weight excluding hydrogens is 318 g/mol. The van der Waals surface area contributed by atoms with Crippen molar-refractivity contribution in [3.63, 3.8) is 0 Å². The summed E-state index contributed by atoms with van der Waals surface area (Å²) < 4.78 is 5.10. The predicted molar refractivity (Wildman–Crippen MR) is 94.2 cm³/mol. The van der Waals surface area contributed by atoms with Crippen LogP contribution in [-0.4, -0.2) is 35.9 Å². The number of methoxy groups -OCH3 is 1. The minimum atomic E-state index is -0.679. The van der Waals surface area contributed by atoms with E-state index in [0.717, 1.165) is 11.1 Å². The molecule has 2 aromatic carbocycles. The minimum Gasteiger partial charge on any atom is -0.507 e. The lowest BCUT2D eigenvalue weighted by molar-refractivity contribution is -0.139. The van der Waals surface area contributed by atoms with Crippen LogP contribution >= 0.6 is 0 Å². The van der Waals surface area contributed by atoms with Gasteiger partial charge in [0.25, 0.3) is 11.7 Å². The molecule has 0 aromatic heterocycles. The molecule has 1 unspecified atom stereocenters. The third kappa shape index (κ3) is 2.89. The fourth-order valence-electron chi connectivity index (χ4n) is 2.99. The van der Waals surface area contributed by atoms with Crippen molar-refractivity contribution in [3.05, 3.63) is 70.8 Å². The number of ketones is 1. The first-order valence-corrected chi connectivity index (χ1v) is 7.89. The van der Waals surface area contributed by atoms with Crippen molar-refractivity contribution in [2.75, 3.05) is 14.2 Å². The van der Waals surface area contributed by atoms with Gasteiger partial charge in [-0.05, 0) is 36.8 Å². The Bertz CT molecular complexity index is 850. The molecule has 25 heavy (non-hydrogen) atoms. The molecule has 1 N–H and O–H groups in total. The number of likely N-dealkylation sites (N-methyl/N-ethyl adjacent to an activating group) is 1. The van der Waals surface area contributed by atoms with Crippen LogP contribution in [0.15, 0.2) is 54.1 Å². The number of hydrogen-bond acceptors (Lipinski definition) is 4. The number of aryl methyl sites for hydroxylation is 1. The van der Waals surface area contributed by atoms with Crippen molar-refractivity contribution in [2.45, 2.75) is 13.0 Å². The molecule has 0 spiro atoms. The molecule has 1 fully saturated rings. The topological polar surface area (TPSA) is 66.8 Å². The number of carbonyl (C=O) groups is 2. The van der Waals surface area contributed by atoms with Crippen LogP contribution in [0.1, 0.15) is 22.7 Å². The summed E-state index contributed by atoms with van der Waals surface area (Å²) in [4.78, 5) is 26.0. The van der Waals surface area contributed by atoms with E-state index >= 15 is 0 Å². The molecule has 128 valence electrons. The number of Topliss-reactive ketones (excluding diaryl/α,β-unsaturated/α-hetero) is 1. The third-order valence-corrected chi connectivity index (χ3v) is 4.43. The number of likely N-dealkylation sites (tertiary alicyclic amines) is 1. The minimum absolute atomic E-state index is 0.0986. The zero-order valence-corrected chi connectivity index (χ0v) is 14.3. The Hall–Kier alpha value is -3.08.